The van der Waals surface area contributed by atoms with E-state index in [2.05, 4.69) is 19.9 Å². The Morgan fingerprint density at radius 1 is 1.18 bits per heavy atom. The number of hydrogen-bond donors (Lipinski definition) is 1. The standard InChI is InChI=1S/C15H24O2/c1-10(2)13(5)17-9-15(16)14-8-11(3)6-7-12(14)4/h6-8,10,13,15-16H,9H2,1-5H3. The summed E-state index contributed by atoms with van der Waals surface area (Å²) in [4.78, 5) is 0. The summed E-state index contributed by atoms with van der Waals surface area (Å²) in [6.07, 6.45) is -0.356. The molecule has 2 atom stereocenters. The molecule has 0 saturated carbocycles. The SMILES string of the molecule is Cc1ccc(C)c(C(O)COC(C)C(C)C)c1. The molecule has 1 N–H and O–H groups in total. The van der Waals surface area contributed by atoms with Crippen LogP contribution in [0.4, 0.5) is 0 Å². The molecule has 2 heteroatoms. The summed E-state index contributed by atoms with van der Waals surface area (Å²) in [5.41, 5.74) is 3.26. The molecule has 1 rings (SSSR count). The number of aliphatic hydroxyl groups is 1. The molecule has 0 aliphatic heterocycles. The molecule has 96 valence electrons. The first-order chi connectivity index (χ1) is 7.91. The summed E-state index contributed by atoms with van der Waals surface area (Å²) in [6.45, 7) is 10.7. The average molecular weight is 236 g/mol. The van der Waals surface area contributed by atoms with Gasteiger partial charge in [-0.3, -0.25) is 0 Å². The number of hydrogen-bond acceptors (Lipinski definition) is 2. The van der Waals surface area contributed by atoms with Crippen molar-refractivity contribution in [3.05, 3.63) is 34.9 Å². The Kier molecular flexibility index (Phi) is 5.16. The van der Waals surface area contributed by atoms with Gasteiger partial charge in [-0.25, -0.2) is 0 Å². The van der Waals surface area contributed by atoms with Crippen LogP contribution in [0.2, 0.25) is 0 Å². The fourth-order valence-electron chi connectivity index (χ4n) is 1.64. The van der Waals surface area contributed by atoms with E-state index in [0.717, 1.165) is 11.1 Å². The topological polar surface area (TPSA) is 29.5 Å². The zero-order chi connectivity index (χ0) is 13.0. The second-order valence-electron chi connectivity index (χ2n) is 5.16. The van der Waals surface area contributed by atoms with Gasteiger partial charge in [0.05, 0.1) is 12.7 Å². The molecule has 1 aromatic carbocycles. The number of aryl methyl sites for hydroxylation is 2. The lowest BCUT2D eigenvalue weighted by atomic mass is 10.0. The molecular formula is C15H24O2. The van der Waals surface area contributed by atoms with Gasteiger partial charge in [-0.15, -0.1) is 0 Å². The van der Waals surface area contributed by atoms with Crippen LogP contribution in [0.15, 0.2) is 18.2 Å². The molecule has 0 saturated heterocycles. The second-order valence-corrected chi connectivity index (χ2v) is 5.16. The third-order valence-corrected chi connectivity index (χ3v) is 3.25. The first-order valence-corrected chi connectivity index (χ1v) is 6.28. The van der Waals surface area contributed by atoms with Gasteiger partial charge in [0.2, 0.25) is 0 Å². The van der Waals surface area contributed by atoms with Gasteiger partial charge < -0.3 is 9.84 Å². The van der Waals surface area contributed by atoms with Crippen molar-refractivity contribution in [1.29, 1.82) is 0 Å². The molecule has 0 radical (unpaired) electrons. The van der Waals surface area contributed by atoms with Gasteiger partial charge in [-0.2, -0.15) is 0 Å². The lowest BCUT2D eigenvalue weighted by Gasteiger charge is -2.20. The number of aliphatic hydroxyl groups excluding tert-OH is 1. The first kappa shape index (κ1) is 14.2. The van der Waals surface area contributed by atoms with Crippen molar-refractivity contribution >= 4 is 0 Å². The molecule has 0 amide bonds. The van der Waals surface area contributed by atoms with Gasteiger partial charge in [-0.1, -0.05) is 37.6 Å². The van der Waals surface area contributed by atoms with Crippen LogP contribution >= 0.6 is 0 Å². The maximum Gasteiger partial charge on any atom is 0.103 e. The van der Waals surface area contributed by atoms with Crippen molar-refractivity contribution in [1.82, 2.24) is 0 Å². The quantitative estimate of drug-likeness (QED) is 0.849. The largest absolute Gasteiger partial charge is 0.386 e. The van der Waals surface area contributed by atoms with Crippen LogP contribution < -0.4 is 0 Å². The minimum atomic E-state index is -0.531. The highest BCUT2D eigenvalue weighted by Gasteiger charge is 2.14. The van der Waals surface area contributed by atoms with E-state index in [1.807, 2.05) is 32.9 Å². The first-order valence-electron chi connectivity index (χ1n) is 6.28. The molecule has 0 bridgehead atoms. The predicted octanol–water partition coefficient (Wildman–Crippen LogP) is 3.40. The van der Waals surface area contributed by atoms with E-state index in [1.165, 1.54) is 5.56 Å². The highest BCUT2D eigenvalue weighted by Crippen LogP contribution is 2.20. The Bertz CT molecular complexity index is 358. The zero-order valence-corrected chi connectivity index (χ0v) is 11.5. The molecule has 0 spiro atoms. The Morgan fingerprint density at radius 3 is 2.41 bits per heavy atom. The van der Waals surface area contributed by atoms with Gasteiger partial charge in [0.25, 0.3) is 0 Å². The van der Waals surface area contributed by atoms with Crippen LogP contribution in [0.5, 0.6) is 0 Å². The fourth-order valence-corrected chi connectivity index (χ4v) is 1.64. The van der Waals surface area contributed by atoms with E-state index in [9.17, 15) is 5.11 Å². The number of benzene rings is 1. The Labute approximate surface area is 105 Å². The van der Waals surface area contributed by atoms with Gasteiger partial charge in [0, 0.05) is 0 Å². The van der Waals surface area contributed by atoms with E-state index in [1.54, 1.807) is 0 Å². The van der Waals surface area contributed by atoms with E-state index in [-0.39, 0.29) is 6.10 Å². The molecular weight excluding hydrogens is 212 g/mol. The minimum absolute atomic E-state index is 0.176. The summed E-state index contributed by atoms with van der Waals surface area (Å²) in [7, 11) is 0. The lowest BCUT2D eigenvalue weighted by Crippen LogP contribution is -2.19. The van der Waals surface area contributed by atoms with Crippen LogP contribution in [-0.2, 0) is 4.74 Å². The van der Waals surface area contributed by atoms with Crippen molar-refractivity contribution in [2.45, 2.75) is 46.8 Å². The normalized spacial score (nSPS) is 15.0. The van der Waals surface area contributed by atoms with Crippen molar-refractivity contribution in [2.75, 3.05) is 6.61 Å². The summed E-state index contributed by atoms with van der Waals surface area (Å²) in [6, 6.07) is 6.13. The third-order valence-electron chi connectivity index (χ3n) is 3.25. The summed E-state index contributed by atoms with van der Waals surface area (Å²) < 4.78 is 5.66. The predicted molar refractivity (Wildman–Crippen MR) is 71.1 cm³/mol. The Morgan fingerprint density at radius 2 is 1.82 bits per heavy atom. The molecule has 0 aliphatic rings. The zero-order valence-electron chi connectivity index (χ0n) is 11.5. The van der Waals surface area contributed by atoms with Gasteiger partial charge in [-0.05, 0) is 37.8 Å². The molecule has 2 nitrogen and oxygen atoms in total. The molecule has 0 heterocycles. The van der Waals surface area contributed by atoms with E-state index < -0.39 is 6.10 Å². The van der Waals surface area contributed by atoms with Crippen molar-refractivity contribution in [3.8, 4) is 0 Å². The van der Waals surface area contributed by atoms with Crippen molar-refractivity contribution < 1.29 is 9.84 Å². The van der Waals surface area contributed by atoms with E-state index in [4.69, 9.17) is 4.74 Å². The van der Waals surface area contributed by atoms with Gasteiger partial charge >= 0.3 is 0 Å². The second kappa shape index (κ2) is 6.18. The number of ether oxygens (including phenoxy) is 1. The molecule has 17 heavy (non-hydrogen) atoms. The molecule has 1 aromatic rings. The van der Waals surface area contributed by atoms with E-state index >= 15 is 0 Å². The lowest BCUT2D eigenvalue weighted by molar-refractivity contribution is -0.0208. The van der Waals surface area contributed by atoms with Crippen molar-refractivity contribution in [2.24, 2.45) is 5.92 Å². The van der Waals surface area contributed by atoms with Crippen LogP contribution in [0.3, 0.4) is 0 Å². The van der Waals surface area contributed by atoms with Crippen LogP contribution in [0.1, 0.15) is 43.6 Å². The average Bonchev–Trinajstić information content (AvgIpc) is 2.28. The summed E-state index contributed by atoms with van der Waals surface area (Å²) >= 11 is 0. The maximum atomic E-state index is 10.1. The smallest absolute Gasteiger partial charge is 0.103 e. The molecule has 0 aromatic heterocycles. The highest BCUT2D eigenvalue weighted by atomic mass is 16.5. The fraction of sp³-hybridized carbons (Fsp3) is 0.600. The minimum Gasteiger partial charge on any atom is -0.386 e. The molecule has 0 fully saturated rings. The highest BCUT2D eigenvalue weighted by molar-refractivity contribution is 5.32. The van der Waals surface area contributed by atoms with Crippen LogP contribution in [-0.4, -0.2) is 17.8 Å². The maximum absolute atomic E-state index is 10.1. The summed E-state index contributed by atoms with van der Waals surface area (Å²) in [5.74, 6) is 0.473. The van der Waals surface area contributed by atoms with Crippen LogP contribution in [0, 0.1) is 19.8 Å². The van der Waals surface area contributed by atoms with Crippen LogP contribution in [0.25, 0.3) is 0 Å². The molecule has 0 aliphatic carbocycles. The van der Waals surface area contributed by atoms with E-state index in [0.29, 0.717) is 12.5 Å². The number of rotatable bonds is 5. The van der Waals surface area contributed by atoms with Crippen molar-refractivity contribution in [3.63, 3.8) is 0 Å². The van der Waals surface area contributed by atoms with Gasteiger partial charge in [0.15, 0.2) is 0 Å². The Balaban J connectivity index is 2.63. The summed E-state index contributed by atoms with van der Waals surface area (Å²) in [5, 5.41) is 10.1. The molecule has 2 unspecified atom stereocenters. The third kappa shape index (κ3) is 4.14. The van der Waals surface area contributed by atoms with Gasteiger partial charge in [0.1, 0.15) is 6.10 Å². The Hall–Kier alpha value is -0.860. The monoisotopic (exact) mass is 236 g/mol.